The minimum absolute atomic E-state index is 0.270. The molecule has 2 aromatic carbocycles. The molecule has 2 N–H and O–H groups in total. The van der Waals surface area contributed by atoms with Crippen LogP contribution in [0.5, 0.6) is 5.75 Å². The molecule has 2 rings (SSSR count). The maximum atomic E-state index is 10.2. The summed E-state index contributed by atoms with van der Waals surface area (Å²) in [5.41, 5.74) is 2.79. The number of hydrogen-bond acceptors (Lipinski definition) is 2. The molecule has 1 amide bonds. The Morgan fingerprint density at radius 1 is 1.06 bits per heavy atom. The highest BCUT2D eigenvalue weighted by Crippen LogP contribution is 2.28. The van der Waals surface area contributed by atoms with E-state index in [2.05, 4.69) is 5.32 Å². The molecule has 0 aromatic heterocycles. The van der Waals surface area contributed by atoms with Crippen LogP contribution in [0.2, 0.25) is 0 Å². The molecule has 0 aliphatic heterocycles. The van der Waals surface area contributed by atoms with Crippen molar-refractivity contribution < 1.29 is 9.90 Å². The number of carbonyl (C=O) groups excluding carboxylic acids is 1. The van der Waals surface area contributed by atoms with Crippen molar-refractivity contribution in [3.63, 3.8) is 0 Å². The van der Waals surface area contributed by atoms with Crippen molar-refractivity contribution in [1.29, 1.82) is 0 Å². The number of phenols is 1. The molecule has 3 heteroatoms. The van der Waals surface area contributed by atoms with Gasteiger partial charge in [-0.05, 0) is 17.2 Å². The van der Waals surface area contributed by atoms with Crippen LogP contribution in [0.4, 0.5) is 0 Å². The number of hydrogen-bond donors (Lipinski definition) is 2. The predicted molar refractivity (Wildman–Crippen MR) is 66.4 cm³/mol. The Bertz CT molecular complexity index is 506. The zero-order chi connectivity index (χ0) is 12.1. The molecule has 17 heavy (non-hydrogen) atoms. The summed E-state index contributed by atoms with van der Waals surface area (Å²) < 4.78 is 0. The van der Waals surface area contributed by atoms with Gasteiger partial charge in [-0.1, -0.05) is 42.5 Å². The second kappa shape index (κ2) is 5.16. The van der Waals surface area contributed by atoms with E-state index in [1.54, 1.807) is 12.1 Å². The lowest BCUT2D eigenvalue weighted by Gasteiger charge is -2.05. The van der Waals surface area contributed by atoms with Crippen molar-refractivity contribution in [2.75, 3.05) is 0 Å². The van der Waals surface area contributed by atoms with Gasteiger partial charge in [-0.2, -0.15) is 0 Å². The average Bonchev–Trinajstić information content (AvgIpc) is 2.38. The fourth-order valence-electron chi connectivity index (χ4n) is 1.68. The van der Waals surface area contributed by atoms with Crippen LogP contribution >= 0.6 is 0 Å². The number of aromatic hydroxyl groups is 1. The van der Waals surface area contributed by atoms with Crippen molar-refractivity contribution in [2.24, 2.45) is 0 Å². The van der Waals surface area contributed by atoms with Crippen LogP contribution < -0.4 is 5.32 Å². The van der Waals surface area contributed by atoms with Gasteiger partial charge >= 0.3 is 0 Å². The molecule has 0 heterocycles. The van der Waals surface area contributed by atoms with E-state index in [-0.39, 0.29) is 5.75 Å². The molecule has 0 fully saturated rings. The molecule has 0 spiro atoms. The van der Waals surface area contributed by atoms with Crippen LogP contribution in [0.1, 0.15) is 5.56 Å². The first-order valence-electron chi connectivity index (χ1n) is 5.35. The summed E-state index contributed by atoms with van der Waals surface area (Å²) in [6.45, 7) is 0.518. The monoisotopic (exact) mass is 227 g/mol. The number of phenolic OH excluding ortho intramolecular Hbond substituents is 1. The Morgan fingerprint density at radius 2 is 1.76 bits per heavy atom. The van der Waals surface area contributed by atoms with Gasteiger partial charge in [0.2, 0.25) is 6.41 Å². The fraction of sp³-hybridized carbons (Fsp3) is 0.0714. The van der Waals surface area contributed by atoms with Crippen LogP contribution in [0.15, 0.2) is 48.5 Å². The molecular formula is C14H13NO2. The average molecular weight is 227 g/mol. The van der Waals surface area contributed by atoms with Gasteiger partial charge in [-0.3, -0.25) is 4.79 Å². The third-order valence-electron chi connectivity index (χ3n) is 2.56. The molecule has 0 aliphatic rings. The summed E-state index contributed by atoms with van der Waals surface area (Å²) in [4.78, 5) is 10.2. The van der Waals surface area contributed by atoms with Crippen molar-refractivity contribution in [3.8, 4) is 16.9 Å². The molecular weight excluding hydrogens is 214 g/mol. The highest BCUT2D eigenvalue weighted by atomic mass is 16.3. The molecule has 0 saturated carbocycles. The Balaban J connectivity index is 2.23. The van der Waals surface area contributed by atoms with Gasteiger partial charge in [-0.25, -0.2) is 0 Å². The molecule has 86 valence electrons. The van der Waals surface area contributed by atoms with E-state index in [1.165, 1.54) is 0 Å². The molecule has 0 aliphatic carbocycles. The third-order valence-corrected chi connectivity index (χ3v) is 2.56. The number of rotatable bonds is 4. The standard InChI is InChI=1S/C14H13NO2/c16-10-15-9-11-5-7-12(8-6-11)13-3-1-2-4-14(13)17/h1-8,10,17H,9H2,(H,15,16). The summed E-state index contributed by atoms with van der Waals surface area (Å²) in [6.07, 6.45) is 0.678. The smallest absolute Gasteiger partial charge is 0.207 e. The van der Waals surface area contributed by atoms with Gasteiger partial charge < -0.3 is 10.4 Å². The van der Waals surface area contributed by atoms with E-state index in [0.29, 0.717) is 13.0 Å². The van der Waals surface area contributed by atoms with Gasteiger partial charge in [0.15, 0.2) is 0 Å². The van der Waals surface area contributed by atoms with Crippen LogP contribution in [-0.4, -0.2) is 11.5 Å². The molecule has 0 unspecified atom stereocenters. The van der Waals surface area contributed by atoms with Crippen LogP contribution in [0, 0.1) is 0 Å². The number of benzene rings is 2. The lowest BCUT2D eigenvalue weighted by Crippen LogP contribution is -2.09. The lowest BCUT2D eigenvalue weighted by atomic mass is 10.0. The Kier molecular flexibility index (Phi) is 3.40. The first kappa shape index (κ1) is 11.2. The lowest BCUT2D eigenvalue weighted by molar-refractivity contribution is -0.109. The third kappa shape index (κ3) is 2.64. The van der Waals surface area contributed by atoms with E-state index < -0.39 is 0 Å². The number of para-hydroxylation sites is 1. The van der Waals surface area contributed by atoms with E-state index >= 15 is 0 Å². The van der Waals surface area contributed by atoms with Crippen LogP contribution in [0.3, 0.4) is 0 Å². The number of amides is 1. The normalized spacial score (nSPS) is 9.88. The maximum Gasteiger partial charge on any atom is 0.207 e. The maximum absolute atomic E-state index is 10.2. The van der Waals surface area contributed by atoms with Crippen molar-refractivity contribution in [1.82, 2.24) is 5.32 Å². The van der Waals surface area contributed by atoms with E-state index in [9.17, 15) is 9.90 Å². The second-order valence-electron chi connectivity index (χ2n) is 3.71. The minimum Gasteiger partial charge on any atom is -0.507 e. The minimum atomic E-state index is 0.270. The Morgan fingerprint density at radius 3 is 2.41 bits per heavy atom. The zero-order valence-electron chi connectivity index (χ0n) is 9.26. The highest BCUT2D eigenvalue weighted by Gasteiger charge is 2.02. The Hall–Kier alpha value is -2.29. The quantitative estimate of drug-likeness (QED) is 0.787. The Labute approximate surface area is 99.7 Å². The second-order valence-corrected chi connectivity index (χ2v) is 3.71. The number of nitrogens with one attached hydrogen (secondary N) is 1. The highest BCUT2D eigenvalue weighted by molar-refractivity contribution is 5.70. The van der Waals surface area contributed by atoms with Gasteiger partial charge in [0, 0.05) is 12.1 Å². The van der Waals surface area contributed by atoms with Gasteiger partial charge in [0.05, 0.1) is 0 Å². The van der Waals surface area contributed by atoms with Gasteiger partial charge in [-0.15, -0.1) is 0 Å². The molecule has 0 saturated heterocycles. The first-order valence-corrected chi connectivity index (χ1v) is 5.35. The van der Waals surface area contributed by atoms with Gasteiger partial charge in [0.25, 0.3) is 0 Å². The predicted octanol–water partition coefficient (Wildman–Crippen LogP) is 2.31. The largest absolute Gasteiger partial charge is 0.507 e. The number of carbonyl (C=O) groups is 1. The molecule has 2 aromatic rings. The zero-order valence-corrected chi connectivity index (χ0v) is 9.26. The summed E-state index contributed by atoms with van der Waals surface area (Å²) in [7, 11) is 0. The van der Waals surface area contributed by atoms with Crippen molar-refractivity contribution >= 4 is 6.41 Å². The van der Waals surface area contributed by atoms with Gasteiger partial charge in [0.1, 0.15) is 5.75 Å². The van der Waals surface area contributed by atoms with E-state index in [4.69, 9.17) is 0 Å². The molecule has 0 radical (unpaired) electrons. The molecule has 0 atom stereocenters. The van der Waals surface area contributed by atoms with Crippen LogP contribution in [-0.2, 0) is 11.3 Å². The topological polar surface area (TPSA) is 49.3 Å². The summed E-state index contributed by atoms with van der Waals surface area (Å²) in [6, 6.07) is 14.9. The van der Waals surface area contributed by atoms with Crippen molar-refractivity contribution in [3.05, 3.63) is 54.1 Å². The van der Waals surface area contributed by atoms with Crippen LogP contribution in [0.25, 0.3) is 11.1 Å². The first-order chi connectivity index (χ1) is 8.31. The summed E-state index contributed by atoms with van der Waals surface area (Å²) in [5, 5.41) is 12.3. The molecule has 3 nitrogen and oxygen atoms in total. The van der Waals surface area contributed by atoms with E-state index in [1.807, 2.05) is 36.4 Å². The summed E-state index contributed by atoms with van der Waals surface area (Å²) >= 11 is 0. The molecule has 0 bridgehead atoms. The summed E-state index contributed by atoms with van der Waals surface area (Å²) in [5.74, 6) is 0.270. The van der Waals surface area contributed by atoms with Crippen molar-refractivity contribution in [2.45, 2.75) is 6.54 Å². The fourth-order valence-corrected chi connectivity index (χ4v) is 1.68. The SMILES string of the molecule is O=CNCc1ccc(-c2ccccc2O)cc1. The van der Waals surface area contributed by atoms with E-state index in [0.717, 1.165) is 16.7 Å².